The van der Waals surface area contributed by atoms with Crippen molar-refractivity contribution in [3.05, 3.63) is 35.7 Å². The first kappa shape index (κ1) is 21.3. The molecule has 2 aromatic heterocycles. The van der Waals surface area contributed by atoms with Gasteiger partial charge in [-0.05, 0) is 49.5 Å². The Morgan fingerprint density at radius 2 is 2.06 bits per heavy atom. The summed E-state index contributed by atoms with van der Waals surface area (Å²) in [4.78, 5) is 25.3. The molecular weight excluding hydrogens is 452 g/mol. The van der Waals surface area contributed by atoms with Gasteiger partial charge in [0.2, 0.25) is 0 Å². The Labute approximate surface area is 201 Å². The van der Waals surface area contributed by atoms with E-state index >= 15 is 0 Å². The van der Waals surface area contributed by atoms with Crippen LogP contribution in [-0.2, 0) is 14.3 Å². The lowest BCUT2D eigenvalue weighted by molar-refractivity contribution is -0.136. The molecule has 2 aromatic rings. The minimum atomic E-state index is -0.704. The fourth-order valence-corrected chi connectivity index (χ4v) is 6.85. The van der Waals surface area contributed by atoms with Gasteiger partial charge >= 0.3 is 5.97 Å². The zero-order valence-corrected chi connectivity index (χ0v) is 19.5. The topological polar surface area (TPSA) is 135 Å². The molecule has 12 nitrogen and oxygen atoms in total. The third-order valence-corrected chi connectivity index (χ3v) is 8.68. The third kappa shape index (κ3) is 3.38. The van der Waals surface area contributed by atoms with Gasteiger partial charge in [0.15, 0.2) is 12.0 Å². The number of piperidine rings is 2. The normalized spacial score (nSPS) is 34.9. The number of hydrogen-bond acceptors (Lipinski definition) is 11. The van der Waals surface area contributed by atoms with Crippen LogP contribution in [-0.4, -0.2) is 95.2 Å². The Bertz CT molecular complexity index is 1150. The van der Waals surface area contributed by atoms with Crippen molar-refractivity contribution in [3.63, 3.8) is 0 Å². The standard InChI is InChI=1S/C23H28N8O4/c1-13-17(11-34-22(13)33)29-5-4-23(20-21(29)35-20)6-14-2-3-15(7-23)30(14)10-18(32)16-8-25-19(9-24-16)31-12-26-27-28-31/h8-9,12,14-15,18,20-21,32H,2-7,10-11H2,1H3/t14?,15?,18-,20?,21?,23?/m1/s1. The number of fused-ring (bicyclic) bond motifs is 4. The van der Waals surface area contributed by atoms with Crippen molar-refractivity contribution in [1.82, 2.24) is 40.0 Å². The lowest BCUT2D eigenvalue weighted by Gasteiger charge is -2.49. The molecule has 5 atom stereocenters. The summed E-state index contributed by atoms with van der Waals surface area (Å²) in [6, 6.07) is 0.871. The molecule has 35 heavy (non-hydrogen) atoms. The van der Waals surface area contributed by atoms with Crippen molar-refractivity contribution in [1.29, 1.82) is 0 Å². The maximum atomic E-state index is 11.8. The first-order chi connectivity index (χ1) is 17.0. The third-order valence-electron chi connectivity index (χ3n) is 8.68. The number of tetrazole rings is 1. The number of nitrogens with zero attached hydrogens (tertiary/aromatic N) is 8. The molecule has 2 bridgehead atoms. The second-order valence-corrected chi connectivity index (χ2v) is 10.5. The van der Waals surface area contributed by atoms with Gasteiger partial charge in [-0.1, -0.05) is 0 Å². The summed E-state index contributed by atoms with van der Waals surface area (Å²) in [5, 5.41) is 22.0. The molecule has 7 rings (SSSR count). The van der Waals surface area contributed by atoms with Gasteiger partial charge < -0.3 is 19.5 Å². The smallest absolute Gasteiger partial charge is 0.335 e. The summed E-state index contributed by atoms with van der Waals surface area (Å²) in [6.45, 7) is 3.66. The SMILES string of the molecule is CC1=C(N2CCC3(CC4CCC(C3)N4C[C@@H](O)c3cnc(-n4cnnn4)cn3)C3OC32)COC1=O. The lowest BCUT2D eigenvalue weighted by atomic mass is 9.68. The molecule has 0 saturated carbocycles. The molecule has 0 amide bonds. The molecule has 12 heteroatoms. The van der Waals surface area contributed by atoms with Gasteiger partial charge in [-0.15, -0.1) is 5.10 Å². The van der Waals surface area contributed by atoms with Crippen LogP contribution in [0.5, 0.6) is 0 Å². The quantitative estimate of drug-likeness (QED) is 0.469. The predicted octanol–water partition coefficient (Wildman–Crippen LogP) is 0.360. The molecule has 4 fully saturated rings. The first-order valence-electron chi connectivity index (χ1n) is 12.3. The Hall–Kier alpha value is -2.96. The molecule has 4 unspecified atom stereocenters. The molecule has 7 heterocycles. The van der Waals surface area contributed by atoms with E-state index in [2.05, 4.69) is 35.3 Å². The number of carbonyl (C=O) groups is 1. The van der Waals surface area contributed by atoms with E-state index in [0.717, 1.165) is 44.3 Å². The van der Waals surface area contributed by atoms with Gasteiger partial charge in [-0.3, -0.25) is 9.88 Å². The minimum absolute atomic E-state index is 0.0636. The number of aliphatic hydroxyl groups excluding tert-OH is 1. The number of cyclic esters (lactones) is 1. The molecule has 1 spiro atoms. The molecule has 5 aliphatic heterocycles. The highest BCUT2D eigenvalue weighted by Gasteiger charge is 2.64. The molecule has 4 saturated heterocycles. The highest BCUT2D eigenvalue weighted by Crippen LogP contribution is 2.58. The average Bonchev–Trinajstić information content (AvgIpc) is 3.27. The summed E-state index contributed by atoms with van der Waals surface area (Å²) in [5.74, 6) is 0.299. The Kier molecular flexibility index (Phi) is 4.74. The highest BCUT2D eigenvalue weighted by atomic mass is 16.6. The van der Waals surface area contributed by atoms with Crippen LogP contribution in [0.1, 0.15) is 50.8 Å². The number of esters is 1. The summed E-state index contributed by atoms with van der Waals surface area (Å²) in [5.41, 5.74) is 2.44. The largest absolute Gasteiger partial charge is 0.456 e. The van der Waals surface area contributed by atoms with E-state index in [9.17, 15) is 9.90 Å². The van der Waals surface area contributed by atoms with Crippen molar-refractivity contribution in [3.8, 4) is 5.82 Å². The molecular formula is C23H28N8O4. The van der Waals surface area contributed by atoms with E-state index < -0.39 is 6.10 Å². The van der Waals surface area contributed by atoms with E-state index in [1.165, 1.54) is 11.0 Å². The number of ether oxygens (including phenoxy) is 2. The van der Waals surface area contributed by atoms with E-state index in [0.29, 0.717) is 42.3 Å². The van der Waals surface area contributed by atoms with Crippen LogP contribution in [0.25, 0.3) is 5.82 Å². The summed E-state index contributed by atoms with van der Waals surface area (Å²) >= 11 is 0. The summed E-state index contributed by atoms with van der Waals surface area (Å²) < 4.78 is 12.9. The van der Waals surface area contributed by atoms with Crippen molar-refractivity contribution in [2.24, 2.45) is 5.41 Å². The zero-order valence-electron chi connectivity index (χ0n) is 19.5. The number of hydrogen-bond donors (Lipinski definition) is 1. The lowest BCUT2D eigenvalue weighted by Crippen LogP contribution is -2.54. The van der Waals surface area contributed by atoms with Crippen LogP contribution < -0.4 is 0 Å². The van der Waals surface area contributed by atoms with E-state index in [1.807, 2.05) is 6.92 Å². The number of rotatable bonds is 5. The number of likely N-dealkylation sites (tertiary alicyclic amines) is 1. The number of aromatic nitrogens is 6. The van der Waals surface area contributed by atoms with Crippen LogP contribution >= 0.6 is 0 Å². The van der Waals surface area contributed by atoms with Crippen molar-refractivity contribution in [2.75, 3.05) is 19.7 Å². The highest BCUT2D eigenvalue weighted by molar-refractivity contribution is 5.90. The fraction of sp³-hybridized carbons (Fsp3) is 0.652. The number of carbonyl (C=O) groups excluding carboxylic acids is 1. The Morgan fingerprint density at radius 1 is 1.23 bits per heavy atom. The van der Waals surface area contributed by atoms with Gasteiger partial charge in [-0.25, -0.2) is 9.78 Å². The van der Waals surface area contributed by atoms with Crippen LogP contribution in [0.3, 0.4) is 0 Å². The predicted molar refractivity (Wildman–Crippen MR) is 119 cm³/mol. The van der Waals surface area contributed by atoms with Crippen LogP contribution in [0.2, 0.25) is 0 Å². The van der Waals surface area contributed by atoms with E-state index in [1.54, 1.807) is 12.4 Å². The Morgan fingerprint density at radius 3 is 2.71 bits per heavy atom. The van der Waals surface area contributed by atoms with Gasteiger partial charge in [0, 0.05) is 30.6 Å². The first-order valence-corrected chi connectivity index (χ1v) is 12.3. The zero-order chi connectivity index (χ0) is 23.7. The van der Waals surface area contributed by atoms with Gasteiger partial charge in [0.25, 0.3) is 0 Å². The second kappa shape index (κ2) is 7.77. The maximum absolute atomic E-state index is 11.8. The summed E-state index contributed by atoms with van der Waals surface area (Å²) in [6.07, 6.45) is 9.74. The fourth-order valence-electron chi connectivity index (χ4n) is 6.85. The Balaban J connectivity index is 1.02. The van der Waals surface area contributed by atoms with Crippen LogP contribution in [0.15, 0.2) is 30.0 Å². The number of aliphatic hydroxyl groups is 1. The minimum Gasteiger partial charge on any atom is -0.456 e. The molecule has 0 aliphatic carbocycles. The molecule has 0 aromatic carbocycles. The number of epoxide rings is 1. The maximum Gasteiger partial charge on any atom is 0.335 e. The monoisotopic (exact) mass is 480 g/mol. The molecule has 184 valence electrons. The molecule has 0 radical (unpaired) electrons. The second-order valence-electron chi connectivity index (χ2n) is 10.5. The van der Waals surface area contributed by atoms with E-state index in [-0.39, 0.29) is 23.7 Å². The van der Waals surface area contributed by atoms with Crippen molar-refractivity contribution >= 4 is 5.97 Å². The van der Waals surface area contributed by atoms with E-state index in [4.69, 9.17) is 9.47 Å². The van der Waals surface area contributed by atoms with Gasteiger partial charge in [0.05, 0.1) is 29.4 Å². The molecule has 1 N–H and O–H groups in total. The van der Waals surface area contributed by atoms with Crippen molar-refractivity contribution in [2.45, 2.75) is 69.5 Å². The van der Waals surface area contributed by atoms with Crippen LogP contribution in [0, 0.1) is 5.41 Å². The van der Waals surface area contributed by atoms with Gasteiger partial charge in [0.1, 0.15) is 25.1 Å². The van der Waals surface area contributed by atoms with Gasteiger partial charge in [-0.2, -0.15) is 4.68 Å². The summed E-state index contributed by atoms with van der Waals surface area (Å²) in [7, 11) is 0. The van der Waals surface area contributed by atoms with Crippen molar-refractivity contribution < 1.29 is 19.4 Å². The molecule has 5 aliphatic rings. The van der Waals surface area contributed by atoms with Crippen LogP contribution in [0.4, 0.5) is 0 Å². The average molecular weight is 481 g/mol.